The van der Waals surface area contributed by atoms with Crippen LogP contribution in [0.3, 0.4) is 0 Å². The highest BCUT2D eigenvalue weighted by atomic mass is 127. The van der Waals surface area contributed by atoms with Crippen molar-refractivity contribution in [3.8, 4) is 0 Å². The molecule has 0 spiro atoms. The monoisotopic (exact) mass is 1880 g/mol. The molecule has 0 N–H and O–H groups in total. The Kier molecular flexibility index (Phi) is 24.0. The molecule has 58 heteroatoms. The molecule has 0 bridgehead atoms. The van der Waals surface area contributed by atoms with Crippen molar-refractivity contribution in [1.82, 2.24) is 13.7 Å². The predicted molar refractivity (Wildman–Crippen MR) is 238 cm³/mol. The fraction of sp³-hybridized carbons (Fsp3) is 0.921. The van der Waals surface area contributed by atoms with Crippen LogP contribution in [0.5, 0.6) is 0 Å². The van der Waals surface area contributed by atoms with Gasteiger partial charge in [-0.05, 0) is 13.8 Å². The molecule has 0 fully saturated rings. The van der Waals surface area contributed by atoms with Crippen molar-refractivity contribution in [2.45, 2.75) is 207 Å². The molecule has 0 saturated carbocycles. The van der Waals surface area contributed by atoms with Gasteiger partial charge < -0.3 is 0 Å². The zero-order chi connectivity index (χ0) is 78.4. The Morgan fingerprint density at radius 1 is 0.229 bits per heavy atom. The Balaban J connectivity index is 4.44. The summed E-state index contributed by atoms with van der Waals surface area (Å²) in [6.45, 7) is -12.1. The molecule has 1 heterocycles. The molecule has 570 valence electrons. The Morgan fingerprint density at radius 3 is 0.521 bits per heavy atom. The van der Waals surface area contributed by atoms with Crippen LogP contribution in [0.1, 0.15) is 33.1 Å². The third-order valence-electron chi connectivity index (χ3n) is 13.2. The summed E-state index contributed by atoms with van der Waals surface area (Å²) in [7, 11) is 0. The van der Waals surface area contributed by atoms with Gasteiger partial charge in [0, 0.05) is 50.7 Å². The van der Waals surface area contributed by atoms with Crippen molar-refractivity contribution >= 4 is 67.8 Å². The third-order valence-corrected chi connectivity index (χ3v) is 15.7. The largest absolute Gasteiger partial charge is 0.460 e. The Labute approximate surface area is 533 Å². The van der Waals surface area contributed by atoms with Gasteiger partial charge in [-0.3, -0.25) is 0 Å². The van der Waals surface area contributed by atoms with Crippen molar-refractivity contribution in [2.75, 3.05) is 0 Å². The van der Waals surface area contributed by atoms with E-state index in [-0.39, 0.29) is 67.8 Å². The molecule has 0 aliphatic heterocycles. The molecule has 6 nitrogen and oxygen atoms in total. The maximum Gasteiger partial charge on any atom is 0.460 e. The van der Waals surface area contributed by atoms with Gasteiger partial charge in [-0.15, -0.1) is 0 Å². The summed E-state index contributed by atoms with van der Waals surface area (Å²) in [5, 5.41) is 0. The molecular formula is C38H21F49I3N3O3. The lowest BCUT2D eigenvalue weighted by molar-refractivity contribution is -0.461. The van der Waals surface area contributed by atoms with Gasteiger partial charge in [0.2, 0.25) is 11.3 Å². The van der Waals surface area contributed by atoms with Gasteiger partial charge in [0.15, 0.2) is 0 Å². The second-order valence-corrected chi connectivity index (χ2v) is 25.2. The van der Waals surface area contributed by atoms with Crippen LogP contribution in [-0.2, 0) is 19.6 Å². The molecule has 96 heavy (non-hydrogen) atoms. The van der Waals surface area contributed by atoms with E-state index in [1.165, 1.54) is 0 Å². The highest BCUT2D eigenvalue weighted by Crippen LogP contribution is 2.68. The predicted octanol–water partition coefficient (Wildman–Crippen LogP) is 18.0. The second kappa shape index (κ2) is 25.3. The Hall–Kier alpha value is -2.83. The van der Waals surface area contributed by atoms with Gasteiger partial charge in [-0.2, -0.15) is 206 Å². The van der Waals surface area contributed by atoms with Crippen molar-refractivity contribution < 1.29 is 215 Å². The molecule has 1 rings (SSSR count). The molecule has 0 aliphatic rings. The second-order valence-electron chi connectivity index (χ2n) is 19.9. The normalized spacial score (nSPS) is 18.3. The first-order valence-corrected chi connectivity index (χ1v) is 26.3. The van der Waals surface area contributed by atoms with Crippen LogP contribution in [-0.4, -0.2) is 168 Å². The SMILES string of the molecule is CC(F)(C(C)(F)C(F)(F)C(F)(F)C(F)(F)CC(I)Cn1c(=O)n(CC(I)CC(F)(F)C(F)(F)C(F)(F)C(F)(F)C(F)(F)C(F)(F)C(F)(F)C(F)(F)F)c(=O)n(CC(I)CC(F)(F)C(F)(F)C(F)(F)C(F)(F)C(F)(F)C(F)(F)C(F)(F)C(F)(F)F)c1=O)C(F)(F)C(F)(F)C(F)(F)F. The fourth-order valence-electron chi connectivity index (χ4n) is 7.14. The van der Waals surface area contributed by atoms with E-state index >= 15 is 52.7 Å². The van der Waals surface area contributed by atoms with E-state index in [0.717, 1.165) is 0 Å². The number of hydrogen-bond donors (Lipinski definition) is 0. The molecule has 5 unspecified atom stereocenters. The van der Waals surface area contributed by atoms with Crippen molar-refractivity contribution in [1.29, 1.82) is 0 Å². The smallest absolute Gasteiger partial charge is 0.247 e. The zero-order valence-corrected chi connectivity index (χ0v) is 50.2. The van der Waals surface area contributed by atoms with E-state index < -0.39 is 238 Å². The molecule has 0 saturated heterocycles. The van der Waals surface area contributed by atoms with E-state index in [4.69, 9.17) is 0 Å². The average Bonchev–Trinajstić information content (AvgIpc) is 0.707. The molecule has 0 aliphatic carbocycles. The van der Waals surface area contributed by atoms with Gasteiger partial charge in [-0.25, -0.2) is 36.9 Å². The minimum Gasteiger partial charge on any atom is -0.247 e. The summed E-state index contributed by atoms with van der Waals surface area (Å²) < 4.78 is 673. The van der Waals surface area contributed by atoms with Gasteiger partial charge in [0.25, 0.3) is 0 Å². The maximum atomic E-state index is 15.3. The maximum absolute atomic E-state index is 15.3. The average molecular weight is 1880 g/mol. The first-order valence-electron chi connectivity index (χ1n) is 22.6. The van der Waals surface area contributed by atoms with Crippen molar-refractivity contribution in [3.63, 3.8) is 0 Å². The lowest BCUT2D eigenvalue weighted by Gasteiger charge is -2.47. The first kappa shape index (κ1) is 91.2. The van der Waals surface area contributed by atoms with Crippen LogP contribution in [0.25, 0.3) is 0 Å². The molecular weight excluding hydrogens is 1860 g/mol. The van der Waals surface area contributed by atoms with E-state index in [2.05, 4.69) is 0 Å². The molecule has 0 amide bonds. The van der Waals surface area contributed by atoms with E-state index in [1.807, 2.05) is 0 Å². The first-order chi connectivity index (χ1) is 40.9. The quantitative estimate of drug-likeness (QED) is 0.0438. The molecule has 1 aromatic rings. The zero-order valence-electron chi connectivity index (χ0n) is 43.7. The Morgan fingerprint density at radius 2 is 0.354 bits per heavy atom. The van der Waals surface area contributed by atoms with E-state index in [1.54, 1.807) is 0 Å². The van der Waals surface area contributed by atoms with E-state index in [9.17, 15) is 177 Å². The van der Waals surface area contributed by atoms with Crippen molar-refractivity contribution in [3.05, 3.63) is 31.5 Å². The summed E-state index contributed by atoms with van der Waals surface area (Å²) in [5.41, 5.74) is -24.0. The summed E-state index contributed by atoms with van der Waals surface area (Å²) >= 11 is -0.378. The molecule has 0 aromatic carbocycles. The number of aromatic nitrogens is 3. The topological polar surface area (TPSA) is 66.0 Å². The number of hydrogen-bond acceptors (Lipinski definition) is 3. The van der Waals surface area contributed by atoms with Gasteiger partial charge in [0.05, 0.1) is 0 Å². The lowest BCUT2D eigenvalue weighted by atomic mass is 9.74. The molecule has 5 atom stereocenters. The summed E-state index contributed by atoms with van der Waals surface area (Å²) in [5.74, 6) is -164. The van der Waals surface area contributed by atoms with Crippen LogP contribution in [0.2, 0.25) is 0 Å². The number of alkyl halides is 52. The van der Waals surface area contributed by atoms with Gasteiger partial charge >= 0.3 is 148 Å². The fourth-order valence-corrected chi connectivity index (χ4v) is 9.98. The third kappa shape index (κ3) is 13.2. The summed E-state index contributed by atoms with van der Waals surface area (Å²) in [6.07, 6.45) is -35.8. The lowest BCUT2D eigenvalue weighted by Crippen LogP contribution is -2.75. The molecule has 0 radical (unpaired) electrons. The summed E-state index contributed by atoms with van der Waals surface area (Å²) in [4.78, 5) is 40.4. The van der Waals surface area contributed by atoms with Crippen LogP contribution in [0.15, 0.2) is 14.4 Å². The highest BCUT2D eigenvalue weighted by Gasteiger charge is 2.98. The molecule has 1 aromatic heterocycles. The number of nitrogens with zero attached hydrogens (tertiary/aromatic N) is 3. The van der Waals surface area contributed by atoms with Gasteiger partial charge in [0.1, 0.15) is 0 Å². The van der Waals surface area contributed by atoms with Crippen LogP contribution >= 0.6 is 67.8 Å². The number of rotatable bonds is 30. The highest BCUT2D eigenvalue weighted by molar-refractivity contribution is 14.1. The van der Waals surface area contributed by atoms with Crippen molar-refractivity contribution in [2.24, 2.45) is 0 Å². The van der Waals surface area contributed by atoms with Crippen LogP contribution in [0.4, 0.5) is 215 Å². The minimum absolute atomic E-state index is 0.0522. The Bertz CT molecular complexity index is 2770. The van der Waals surface area contributed by atoms with E-state index in [0.29, 0.717) is 0 Å². The van der Waals surface area contributed by atoms with Crippen LogP contribution < -0.4 is 17.1 Å². The van der Waals surface area contributed by atoms with Crippen LogP contribution in [0, 0.1) is 0 Å². The number of halogens is 52. The minimum atomic E-state index is -9.36. The van der Waals surface area contributed by atoms with Gasteiger partial charge in [-0.1, -0.05) is 67.8 Å². The standard InChI is InChI=1S/C38H21F49I3N3O3/c1-15(39,16(2,40)21(49,50)33(73,74)36(79,80)81)20(47,48)22(51,52)17(41,42)3-9(88)6-91-12(94)92(7-10(89)4-18(43,44)23(53,54)25(57,58)27(61,62)29(65,66)31(69,70)34(75,76)37(82,83)84)14(96)93(13(91)95)8-11(90)5-19(45,46)24(55,56)26(59,60)28(63,64)30(67,68)32(71,72)35(77,78)38(85,86)87/h9-11H,3-8H2,1-2H3. The summed E-state index contributed by atoms with van der Waals surface area (Å²) in [6, 6.07) is 0.